The molecule has 1 saturated carbocycles. The fourth-order valence-electron chi connectivity index (χ4n) is 2.53. The van der Waals surface area contributed by atoms with Crippen LogP contribution in [0.2, 0.25) is 0 Å². The lowest BCUT2D eigenvalue weighted by atomic mass is 9.76. The molecule has 1 amide bonds. The monoisotopic (exact) mass is 222 g/mol. The molecule has 4 heteroatoms. The summed E-state index contributed by atoms with van der Waals surface area (Å²) in [5, 5.41) is 2.99. The van der Waals surface area contributed by atoms with E-state index in [-0.39, 0.29) is 17.7 Å². The second kappa shape index (κ2) is 4.28. The molecule has 2 rings (SSSR count). The third-order valence-corrected chi connectivity index (χ3v) is 3.32. The molecule has 0 aromatic carbocycles. The number of hydrogen-bond acceptors (Lipinski definition) is 3. The number of piperidine rings is 1. The van der Waals surface area contributed by atoms with Crippen molar-refractivity contribution in [1.29, 1.82) is 0 Å². The minimum Gasteiger partial charge on any atom is -0.383 e. The second-order valence-corrected chi connectivity index (χ2v) is 4.92. The van der Waals surface area contributed by atoms with Crippen LogP contribution < -0.4 is 5.32 Å². The Morgan fingerprint density at radius 3 is 2.75 bits per heavy atom. The third kappa shape index (κ3) is 2.26. The molecule has 1 N–H and O–H groups in total. The van der Waals surface area contributed by atoms with Gasteiger partial charge < -0.3 is 10.2 Å². The molecule has 16 heavy (non-hydrogen) atoms. The van der Waals surface area contributed by atoms with Gasteiger partial charge in [0.15, 0.2) is 5.78 Å². The molecule has 2 fully saturated rings. The molecule has 1 aliphatic heterocycles. The number of nitrogens with zero attached hydrogens (tertiary/aromatic N) is 1. The van der Waals surface area contributed by atoms with Gasteiger partial charge in [0.25, 0.3) is 0 Å². The molecule has 2 atom stereocenters. The van der Waals surface area contributed by atoms with E-state index in [0.717, 1.165) is 12.0 Å². The lowest BCUT2D eigenvalue weighted by molar-refractivity contribution is -0.127. The average molecular weight is 222 g/mol. The molecule has 0 aromatic rings. The van der Waals surface area contributed by atoms with Crippen molar-refractivity contribution < 1.29 is 9.59 Å². The second-order valence-electron chi connectivity index (χ2n) is 4.92. The summed E-state index contributed by atoms with van der Waals surface area (Å²) >= 11 is 0. The van der Waals surface area contributed by atoms with Crippen molar-refractivity contribution in [3.63, 3.8) is 0 Å². The molecule has 0 aromatic heterocycles. The normalized spacial score (nSPS) is 32.2. The van der Waals surface area contributed by atoms with Crippen LogP contribution >= 0.6 is 0 Å². The van der Waals surface area contributed by atoms with Crippen molar-refractivity contribution in [3.05, 3.63) is 11.8 Å². The zero-order chi connectivity index (χ0) is 11.7. The highest BCUT2D eigenvalue weighted by Crippen LogP contribution is 2.31. The van der Waals surface area contributed by atoms with E-state index in [9.17, 15) is 9.59 Å². The van der Waals surface area contributed by atoms with E-state index in [2.05, 4.69) is 5.32 Å². The lowest BCUT2D eigenvalue weighted by Gasteiger charge is -2.36. The Morgan fingerprint density at radius 2 is 2.06 bits per heavy atom. The van der Waals surface area contributed by atoms with Crippen molar-refractivity contribution >= 4 is 11.7 Å². The maximum atomic E-state index is 11.9. The number of fused-ring (bicyclic) bond motifs is 1. The number of hydrogen-bond donors (Lipinski definition) is 1. The maximum Gasteiger partial charge on any atom is 0.220 e. The summed E-state index contributed by atoms with van der Waals surface area (Å²) in [6.07, 6.45) is 4.58. The summed E-state index contributed by atoms with van der Waals surface area (Å²) < 4.78 is 0. The number of carbonyl (C=O) groups excluding carboxylic acids is 2. The lowest BCUT2D eigenvalue weighted by Crippen LogP contribution is -2.48. The van der Waals surface area contributed by atoms with Crippen molar-refractivity contribution in [3.8, 4) is 0 Å². The van der Waals surface area contributed by atoms with Crippen LogP contribution in [0, 0.1) is 5.92 Å². The Bertz CT molecular complexity index is 347. The Kier molecular flexibility index (Phi) is 2.99. The van der Waals surface area contributed by atoms with Crippen molar-refractivity contribution in [1.82, 2.24) is 10.2 Å². The van der Waals surface area contributed by atoms with E-state index in [1.807, 2.05) is 25.2 Å². The predicted molar refractivity (Wildman–Crippen MR) is 60.7 cm³/mol. The first kappa shape index (κ1) is 11.2. The Balaban J connectivity index is 2.11. The standard InChI is InChI=1S/C12H18N2O2/c1-14(2)7-9-5-10-8(6-11(9)15)3-4-12(16)13-10/h7-8,10H,3-6H2,1-2H3,(H,13,16)/b9-7+/t8-,10-/m0/s1. The quantitative estimate of drug-likeness (QED) is 0.664. The van der Waals surface area contributed by atoms with Crippen LogP contribution in [-0.2, 0) is 9.59 Å². The molecule has 88 valence electrons. The number of amides is 1. The third-order valence-electron chi connectivity index (χ3n) is 3.32. The fourth-order valence-corrected chi connectivity index (χ4v) is 2.53. The smallest absolute Gasteiger partial charge is 0.220 e. The van der Waals surface area contributed by atoms with Crippen LogP contribution in [0.15, 0.2) is 11.8 Å². The Morgan fingerprint density at radius 1 is 1.31 bits per heavy atom. The maximum absolute atomic E-state index is 11.9. The topological polar surface area (TPSA) is 49.4 Å². The number of nitrogens with one attached hydrogen (secondary N) is 1. The summed E-state index contributed by atoms with van der Waals surface area (Å²) in [6.45, 7) is 0. The highest BCUT2D eigenvalue weighted by molar-refractivity contribution is 5.96. The van der Waals surface area contributed by atoms with E-state index in [1.54, 1.807) is 0 Å². The van der Waals surface area contributed by atoms with Crippen LogP contribution in [0.4, 0.5) is 0 Å². The van der Waals surface area contributed by atoms with Crippen LogP contribution in [0.5, 0.6) is 0 Å². The Hall–Kier alpha value is -1.32. The fraction of sp³-hybridized carbons (Fsp3) is 0.667. The molecule has 4 nitrogen and oxygen atoms in total. The average Bonchev–Trinajstić information content (AvgIpc) is 2.19. The van der Waals surface area contributed by atoms with Gasteiger partial charge in [-0.1, -0.05) is 0 Å². The Labute approximate surface area is 95.7 Å². The van der Waals surface area contributed by atoms with Crippen LogP contribution in [0.3, 0.4) is 0 Å². The summed E-state index contributed by atoms with van der Waals surface area (Å²) in [5.74, 6) is 0.718. The van der Waals surface area contributed by atoms with Gasteiger partial charge in [-0.25, -0.2) is 0 Å². The van der Waals surface area contributed by atoms with E-state index in [0.29, 0.717) is 25.2 Å². The van der Waals surface area contributed by atoms with Gasteiger partial charge in [-0.2, -0.15) is 0 Å². The number of rotatable bonds is 1. The zero-order valence-corrected chi connectivity index (χ0v) is 9.82. The highest BCUT2D eigenvalue weighted by atomic mass is 16.2. The van der Waals surface area contributed by atoms with E-state index >= 15 is 0 Å². The van der Waals surface area contributed by atoms with Crippen molar-refractivity contribution in [2.45, 2.75) is 31.7 Å². The van der Waals surface area contributed by atoms with Crippen LogP contribution in [0.25, 0.3) is 0 Å². The van der Waals surface area contributed by atoms with Crippen molar-refractivity contribution in [2.75, 3.05) is 14.1 Å². The van der Waals surface area contributed by atoms with Gasteiger partial charge in [0, 0.05) is 44.8 Å². The molecule has 1 saturated heterocycles. The largest absolute Gasteiger partial charge is 0.383 e. The summed E-state index contributed by atoms with van der Waals surface area (Å²) in [5.41, 5.74) is 0.841. The molecule has 0 unspecified atom stereocenters. The van der Waals surface area contributed by atoms with Gasteiger partial charge in [-0.05, 0) is 18.8 Å². The first-order valence-electron chi connectivity index (χ1n) is 5.76. The molecule has 1 heterocycles. The highest BCUT2D eigenvalue weighted by Gasteiger charge is 2.36. The number of Topliss-reactive ketones (excluding diaryl/α,β-unsaturated/α-hetero) is 1. The first-order valence-corrected chi connectivity index (χ1v) is 5.76. The molecule has 0 radical (unpaired) electrons. The van der Waals surface area contributed by atoms with Gasteiger partial charge in [-0.15, -0.1) is 0 Å². The van der Waals surface area contributed by atoms with Gasteiger partial charge in [0.05, 0.1) is 0 Å². The van der Waals surface area contributed by atoms with Crippen molar-refractivity contribution in [2.24, 2.45) is 5.92 Å². The molecule has 1 aliphatic carbocycles. The van der Waals surface area contributed by atoms with E-state index in [1.165, 1.54) is 0 Å². The van der Waals surface area contributed by atoms with Gasteiger partial charge in [0.2, 0.25) is 5.91 Å². The SMILES string of the molecule is CN(C)/C=C1\C[C@@H]2NC(=O)CC[C@H]2CC1=O. The van der Waals surface area contributed by atoms with Crippen LogP contribution in [0.1, 0.15) is 25.7 Å². The minimum absolute atomic E-state index is 0.125. The number of carbonyl (C=O) groups is 2. The summed E-state index contributed by atoms with van der Waals surface area (Å²) in [6, 6.07) is 0.171. The zero-order valence-electron chi connectivity index (χ0n) is 9.82. The summed E-state index contributed by atoms with van der Waals surface area (Å²) in [7, 11) is 3.82. The summed E-state index contributed by atoms with van der Waals surface area (Å²) in [4.78, 5) is 25.0. The molecule has 0 spiro atoms. The molecule has 0 bridgehead atoms. The molecule has 2 aliphatic rings. The van der Waals surface area contributed by atoms with E-state index in [4.69, 9.17) is 0 Å². The minimum atomic E-state index is 0.125. The predicted octanol–water partition coefficient (Wildman–Crippen LogP) is 0.690. The van der Waals surface area contributed by atoms with Crippen LogP contribution in [-0.4, -0.2) is 36.7 Å². The number of ketones is 1. The van der Waals surface area contributed by atoms with E-state index < -0.39 is 0 Å². The van der Waals surface area contributed by atoms with Gasteiger partial charge >= 0.3 is 0 Å². The molecular formula is C12H18N2O2. The molecular weight excluding hydrogens is 204 g/mol. The van der Waals surface area contributed by atoms with Gasteiger partial charge in [0.1, 0.15) is 0 Å². The van der Waals surface area contributed by atoms with Gasteiger partial charge in [-0.3, -0.25) is 9.59 Å². The first-order chi connectivity index (χ1) is 7.56.